The molecule has 0 atom stereocenters. The van der Waals surface area contributed by atoms with E-state index in [1.807, 2.05) is 13.0 Å². The molecule has 5 nitrogen and oxygen atoms in total. The van der Waals surface area contributed by atoms with Crippen LogP contribution in [0, 0.1) is 24.0 Å². The molecule has 21 heavy (non-hydrogen) atoms. The van der Waals surface area contributed by atoms with E-state index >= 15 is 0 Å². The molecule has 0 bridgehead atoms. The number of amides is 1. The van der Waals surface area contributed by atoms with Gasteiger partial charge in [0.1, 0.15) is 0 Å². The number of nitrogens with one attached hydrogen (secondary N) is 1. The molecule has 0 aromatic heterocycles. The molecule has 6 heteroatoms. The van der Waals surface area contributed by atoms with Gasteiger partial charge in [-0.1, -0.05) is 17.7 Å². The Bertz CT molecular complexity index is 729. The molecule has 2 rings (SSSR count). The predicted molar refractivity (Wildman–Crippen MR) is 84.7 cm³/mol. The Morgan fingerprint density at radius 3 is 2.57 bits per heavy atom. The summed E-state index contributed by atoms with van der Waals surface area (Å²) in [7, 11) is 0. The molecule has 0 unspecified atom stereocenters. The molecule has 0 fully saturated rings. The standard InChI is InChI=1S/C15H13BrN2O3/c1-9-3-6-13(16)12(7-9)15(19)17-11-5-4-10(2)14(8-11)18(20)21/h3-8H,1-2H3,(H,17,19). The summed E-state index contributed by atoms with van der Waals surface area (Å²) in [4.78, 5) is 22.7. The first-order chi connectivity index (χ1) is 9.88. The molecule has 0 saturated carbocycles. The summed E-state index contributed by atoms with van der Waals surface area (Å²) in [6, 6.07) is 10.0. The maximum absolute atomic E-state index is 12.2. The van der Waals surface area contributed by atoms with Crippen molar-refractivity contribution in [1.82, 2.24) is 0 Å². The Morgan fingerprint density at radius 1 is 1.19 bits per heavy atom. The average Bonchev–Trinajstić information content (AvgIpc) is 2.43. The average molecular weight is 349 g/mol. The van der Waals surface area contributed by atoms with Crippen molar-refractivity contribution >= 4 is 33.2 Å². The lowest BCUT2D eigenvalue weighted by Crippen LogP contribution is -2.13. The van der Waals surface area contributed by atoms with Gasteiger partial charge in [0.2, 0.25) is 0 Å². The van der Waals surface area contributed by atoms with Gasteiger partial charge in [-0.15, -0.1) is 0 Å². The second-order valence-corrected chi connectivity index (χ2v) is 5.55. The first-order valence-corrected chi connectivity index (χ1v) is 7.00. The van der Waals surface area contributed by atoms with E-state index < -0.39 is 4.92 Å². The monoisotopic (exact) mass is 348 g/mol. The number of nitro groups is 1. The number of rotatable bonds is 3. The molecule has 0 radical (unpaired) electrons. The fraction of sp³-hybridized carbons (Fsp3) is 0.133. The molecule has 108 valence electrons. The lowest BCUT2D eigenvalue weighted by atomic mass is 10.1. The highest BCUT2D eigenvalue weighted by atomic mass is 79.9. The van der Waals surface area contributed by atoms with Crippen LogP contribution >= 0.6 is 15.9 Å². The van der Waals surface area contributed by atoms with E-state index in [0.29, 0.717) is 21.3 Å². The second kappa shape index (κ2) is 6.05. The Labute approximate surface area is 130 Å². The number of carbonyl (C=O) groups excluding carboxylic acids is 1. The first kappa shape index (κ1) is 15.2. The van der Waals surface area contributed by atoms with Crippen molar-refractivity contribution in [3.8, 4) is 0 Å². The SMILES string of the molecule is Cc1ccc(Br)c(C(=O)Nc2ccc(C)c([N+](=O)[O-])c2)c1. The van der Waals surface area contributed by atoms with Crippen molar-refractivity contribution in [3.05, 3.63) is 67.7 Å². The van der Waals surface area contributed by atoms with Gasteiger partial charge in [-0.25, -0.2) is 0 Å². The Morgan fingerprint density at radius 2 is 1.90 bits per heavy atom. The van der Waals surface area contributed by atoms with E-state index in [2.05, 4.69) is 21.2 Å². The summed E-state index contributed by atoms with van der Waals surface area (Å²) in [5.41, 5.74) is 2.37. The van der Waals surface area contributed by atoms with Gasteiger partial charge in [-0.05, 0) is 48.0 Å². The van der Waals surface area contributed by atoms with E-state index in [1.165, 1.54) is 6.07 Å². The molecule has 2 aromatic carbocycles. The molecule has 0 heterocycles. The molecule has 1 N–H and O–H groups in total. The molecule has 1 amide bonds. The Hall–Kier alpha value is -2.21. The molecule has 0 aliphatic rings. The van der Waals surface area contributed by atoms with Crippen LogP contribution in [0.5, 0.6) is 0 Å². The zero-order chi connectivity index (χ0) is 15.6. The number of anilines is 1. The maximum atomic E-state index is 12.2. The fourth-order valence-corrected chi connectivity index (χ4v) is 2.32. The molecule has 0 saturated heterocycles. The summed E-state index contributed by atoms with van der Waals surface area (Å²) in [5.74, 6) is -0.316. The highest BCUT2D eigenvalue weighted by Gasteiger charge is 2.14. The fourth-order valence-electron chi connectivity index (χ4n) is 1.90. The van der Waals surface area contributed by atoms with Gasteiger partial charge in [0.15, 0.2) is 0 Å². The number of carbonyl (C=O) groups is 1. The normalized spacial score (nSPS) is 10.2. The number of nitro benzene ring substituents is 1. The lowest BCUT2D eigenvalue weighted by Gasteiger charge is -2.08. The minimum atomic E-state index is -0.465. The molecule has 0 spiro atoms. The maximum Gasteiger partial charge on any atom is 0.274 e. The van der Waals surface area contributed by atoms with Crippen LogP contribution < -0.4 is 5.32 Å². The van der Waals surface area contributed by atoms with Crippen LogP contribution in [0.4, 0.5) is 11.4 Å². The lowest BCUT2D eigenvalue weighted by molar-refractivity contribution is -0.385. The van der Waals surface area contributed by atoms with E-state index in [-0.39, 0.29) is 11.6 Å². The van der Waals surface area contributed by atoms with Crippen molar-refractivity contribution in [2.45, 2.75) is 13.8 Å². The van der Waals surface area contributed by atoms with E-state index in [4.69, 9.17) is 0 Å². The third-order valence-electron chi connectivity index (χ3n) is 3.03. The molecule has 0 aliphatic heterocycles. The van der Waals surface area contributed by atoms with Crippen molar-refractivity contribution in [1.29, 1.82) is 0 Å². The van der Waals surface area contributed by atoms with Gasteiger partial charge < -0.3 is 5.32 Å². The van der Waals surface area contributed by atoms with Crippen molar-refractivity contribution in [3.63, 3.8) is 0 Å². The summed E-state index contributed by atoms with van der Waals surface area (Å²) in [5, 5.41) is 13.6. The number of aryl methyl sites for hydroxylation is 2. The summed E-state index contributed by atoms with van der Waals surface area (Å²) in [6.45, 7) is 3.54. The first-order valence-electron chi connectivity index (χ1n) is 6.21. The van der Waals surface area contributed by atoms with Crippen LogP contribution in [0.25, 0.3) is 0 Å². The third-order valence-corrected chi connectivity index (χ3v) is 3.72. The van der Waals surface area contributed by atoms with Crippen molar-refractivity contribution in [2.75, 3.05) is 5.32 Å². The summed E-state index contributed by atoms with van der Waals surface area (Å²) in [6.07, 6.45) is 0. The largest absolute Gasteiger partial charge is 0.322 e. The van der Waals surface area contributed by atoms with Crippen LogP contribution in [-0.4, -0.2) is 10.8 Å². The molecular formula is C15H13BrN2O3. The highest BCUT2D eigenvalue weighted by Crippen LogP contribution is 2.24. The quantitative estimate of drug-likeness (QED) is 0.666. The topological polar surface area (TPSA) is 72.2 Å². The van der Waals surface area contributed by atoms with Crippen molar-refractivity contribution in [2.24, 2.45) is 0 Å². The zero-order valence-electron chi connectivity index (χ0n) is 11.5. The molecule has 0 aliphatic carbocycles. The van der Waals surface area contributed by atoms with Crippen LogP contribution in [-0.2, 0) is 0 Å². The van der Waals surface area contributed by atoms with Crippen LogP contribution in [0.15, 0.2) is 40.9 Å². The van der Waals surface area contributed by atoms with Gasteiger partial charge >= 0.3 is 0 Å². The third kappa shape index (κ3) is 3.46. The minimum absolute atomic E-state index is 0.0175. The van der Waals surface area contributed by atoms with Gasteiger partial charge in [-0.2, -0.15) is 0 Å². The Balaban J connectivity index is 2.29. The van der Waals surface area contributed by atoms with Crippen molar-refractivity contribution < 1.29 is 9.72 Å². The molecule has 2 aromatic rings. The van der Waals surface area contributed by atoms with Gasteiger partial charge in [0.25, 0.3) is 11.6 Å². The number of hydrogen-bond donors (Lipinski definition) is 1. The van der Waals surface area contributed by atoms with Gasteiger partial charge in [-0.3, -0.25) is 14.9 Å². The smallest absolute Gasteiger partial charge is 0.274 e. The summed E-state index contributed by atoms with van der Waals surface area (Å²) < 4.78 is 0.673. The van der Waals surface area contributed by atoms with E-state index in [0.717, 1.165) is 5.56 Å². The minimum Gasteiger partial charge on any atom is -0.322 e. The van der Waals surface area contributed by atoms with Crippen LogP contribution in [0.3, 0.4) is 0 Å². The number of nitrogens with zero attached hydrogens (tertiary/aromatic N) is 1. The Kier molecular flexibility index (Phi) is 4.37. The predicted octanol–water partition coefficient (Wildman–Crippen LogP) is 4.23. The van der Waals surface area contributed by atoms with Crippen LogP contribution in [0.2, 0.25) is 0 Å². The number of hydrogen-bond acceptors (Lipinski definition) is 3. The van der Waals surface area contributed by atoms with Gasteiger partial charge in [0.05, 0.1) is 10.5 Å². The van der Waals surface area contributed by atoms with Crippen LogP contribution in [0.1, 0.15) is 21.5 Å². The summed E-state index contributed by atoms with van der Waals surface area (Å²) >= 11 is 3.32. The van der Waals surface area contributed by atoms with E-state index in [1.54, 1.807) is 31.2 Å². The second-order valence-electron chi connectivity index (χ2n) is 4.70. The number of benzene rings is 2. The molecular weight excluding hydrogens is 336 g/mol. The zero-order valence-corrected chi connectivity index (χ0v) is 13.1. The number of halogens is 1. The van der Waals surface area contributed by atoms with Gasteiger partial charge in [0, 0.05) is 21.8 Å². The van der Waals surface area contributed by atoms with E-state index in [9.17, 15) is 14.9 Å². The highest BCUT2D eigenvalue weighted by molar-refractivity contribution is 9.10.